The molecule has 0 spiro atoms. The Labute approximate surface area is 124 Å². The highest BCUT2D eigenvalue weighted by Crippen LogP contribution is 2.27. The van der Waals surface area contributed by atoms with Crippen LogP contribution in [-0.2, 0) is 0 Å². The number of hydrogen-bond acceptors (Lipinski definition) is 3. The van der Waals surface area contributed by atoms with Crippen molar-refractivity contribution in [3.8, 4) is 11.3 Å². The number of benzene rings is 1. The van der Waals surface area contributed by atoms with Crippen LogP contribution in [0.25, 0.3) is 11.3 Å². The number of hydrogen-bond donors (Lipinski definition) is 0. The van der Waals surface area contributed by atoms with Crippen molar-refractivity contribution < 1.29 is 0 Å². The molecule has 0 amide bonds. The van der Waals surface area contributed by atoms with Crippen LogP contribution < -0.4 is 0 Å². The van der Waals surface area contributed by atoms with Crippen LogP contribution >= 0.6 is 11.3 Å². The van der Waals surface area contributed by atoms with Crippen LogP contribution in [0.4, 0.5) is 5.13 Å². The van der Waals surface area contributed by atoms with Gasteiger partial charge in [-0.1, -0.05) is 36.8 Å². The van der Waals surface area contributed by atoms with Crippen molar-refractivity contribution in [2.45, 2.75) is 25.7 Å². The van der Waals surface area contributed by atoms with Gasteiger partial charge in [-0.3, -0.25) is 0 Å². The lowest BCUT2D eigenvalue weighted by molar-refractivity contribution is 0.494. The Bertz CT molecular complexity index is 589. The van der Waals surface area contributed by atoms with Gasteiger partial charge < -0.3 is 4.90 Å². The summed E-state index contributed by atoms with van der Waals surface area (Å²) in [5, 5.41) is 2.96. The molecule has 2 aromatic rings. The van der Waals surface area contributed by atoms with Crippen molar-refractivity contribution in [1.82, 2.24) is 9.88 Å². The van der Waals surface area contributed by atoms with Gasteiger partial charge in [0.1, 0.15) is 5.84 Å². The van der Waals surface area contributed by atoms with Gasteiger partial charge in [0, 0.05) is 31.0 Å². The van der Waals surface area contributed by atoms with Crippen molar-refractivity contribution in [2.75, 3.05) is 13.6 Å². The van der Waals surface area contributed by atoms with E-state index in [-0.39, 0.29) is 0 Å². The van der Waals surface area contributed by atoms with Gasteiger partial charge in [0.15, 0.2) is 0 Å². The van der Waals surface area contributed by atoms with E-state index in [0.717, 1.165) is 29.4 Å². The molecule has 1 aliphatic rings. The molecule has 0 unspecified atom stereocenters. The highest BCUT2D eigenvalue weighted by atomic mass is 32.1. The summed E-state index contributed by atoms with van der Waals surface area (Å²) in [7, 11) is 2.13. The molecule has 3 nitrogen and oxygen atoms in total. The van der Waals surface area contributed by atoms with Gasteiger partial charge in [0.25, 0.3) is 0 Å². The van der Waals surface area contributed by atoms with Crippen molar-refractivity contribution in [1.29, 1.82) is 0 Å². The highest BCUT2D eigenvalue weighted by molar-refractivity contribution is 7.13. The average Bonchev–Trinajstić information content (AvgIpc) is 2.86. The van der Waals surface area contributed by atoms with E-state index in [1.165, 1.54) is 25.1 Å². The minimum atomic E-state index is 0.868. The van der Waals surface area contributed by atoms with Crippen molar-refractivity contribution >= 4 is 22.3 Å². The van der Waals surface area contributed by atoms with Gasteiger partial charge in [-0.25, -0.2) is 9.98 Å². The Morgan fingerprint density at radius 3 is 2.85 bits per heavy atom. The topological polar surface area (TPSA) is 28.5 Å². The standard InChI is InChI=1S/C16H19N3S/c1-19-11-7-3-6-10-15(19)18-16-17-14(12-20-16)13-8-4-2-5-9-13/h2,4-5,8-9,12H,3,6-7,10-11H2,1H3/b18-15-. The molecular formula is C16H19N3S. The maximum Gasteiger partial charge on any atom is 0.211 e. The Balaban J connectivity index is 1.83. The number of likely N-dealkylation sites (tertiary alicyclic amines) is 1. The van der Waals surface area contributed by atoms with Crippen LogP contribution in [0.2, 0.25) is 0 Å². The number of aliphatic imine (C=N–C) groups is 1. The largest absolute Gasteiger partial charge is 0.363 e. The van der Waals surface area contributed by atoms with E-state index >= 15 is 0 Å². The van der Waals surface area contributed by atoms with Crippen LogP contribution in [-0.4, -0.2) is 29.3 Å². The highest BCUT2D eigenvalue weighted by Gasteiger charge is 2.12. The molecule has 0 saturated carbocycles. The van der Waals surface area contributed by atoms with E-state index < -0.39 is 0 Å². The minimum absolute atomic E-state index is 0.868. The number of nitrogens with zero attached hydrogens (tertiary/aromatic N) is 3. The summed E-state index contributed by atoms with van der Waals surface area (Å²) >= 11 is 1.62. The summed E-state index contributed by atoms with van der Waals surface area (Å²) < 4.78 is 0. The number of amidine groups is 1. The van der Waals surface area contributed by atoms with Crippen LogP contribution in [0.15, 0.2) is 40.7 Å². The molecule has 0 N–H and O–H groups in total. The molecule has 1 aliphatic heterocycles. The Kier molecular flexibility index (Phi) is 4.11. The van der Waals surface area contributed by atoms with E-state index in [2.05, 4.69) is 34.4 Å². The summed E-state index contributed by atoms with van der Waals surface area (Å²) in [6.45, 7) is 1.11. The van der Waals surface area contributed by atoms with Gasteiger partial charge in [-0.15, -0.1) is 11.3 Å². The zero-order chi connectivity index (χ0) is 13.8. The van der Waals surface area contributed by atoms with Crippen molar-refractivity contribution in [3.05, 3.63) is 35.7 Å². The summed E-state index contributed by atoms with van der Waals surface area (Å²) in [4.78, 5) is 11.7. The Morgan fingerprint density at radius 1 is 1.15 bits per heavy atom. The molecule has 20 heavy (non-hydrogen) atoms. The van der Waals surface area contributed by atoms with E-state index in [9.17, 15) is 0 Å². The molecule has 1 saturated heterocycles. The lowest BCUT2D eigenvalue weighted by atomic mass is 10.2. The lowest BCUT2D eigenvalue weighted by Crippen LogP contribution is -2.25. The fraction of sp³-hybridized carbons (Fsp3) is 0.375. The molecule has 1 aromatic carbocycles. The summed E-state index contributed by atoms with van der Waals surface area (Å²) in [6, 6.07) is 10.3. The van der Waals surface area contributed by atoms with Gasteiger partial charge in [-0.05, 0) is 12.8 Å². The first-order valence-corrected chi connectivity index (χ1v) is 8.00. The molecule has 0 radical (unpaired) electrons. The van der Waals surface area contributed by atoms with Gasteiger partial charge in [-0.2, -0.15) is 0 Å². The van der Waals surface area contributed by atoms with E-state index in [4.69, 9.17) is 4.99 Å². The third kappa shape index (κ3) is 3.07. The SMILES string of the molecule is CN1CCCCC/C1=N/c1nc(-c2ccccc2)cs1. The second-order valence-corrected chi connectivity index (χ2v) is 5.98. The predicted molar refractivity (Wildman–Crippen MR) is 85.7 cm³/mol. The first kappa shape index (κ1) is 13.3. The molecule has 1 aromatic heterocycles. The van der Waals surface area contributed by atoms with Gasteiger partial charge in [0.05, 0.1) is 5.69 Å². The molecular weight excluding hydrogens is 266 g/mol. The molecule has 0 aliphatic carbocycles. The van der Waals surface area contributed by atoms with Gasteiger partial charge in [0.2, 0.25) is 5.13 Å². The van der Waals surface area contributed by atoms with E-state index in [0.29, 0.717) is 0 Å². The Hall–Kier alpha value is -1.68. The maximum absolute atomic E-state index is 4.76. The summed E-state index contributed by atoms with van der Waals surface area (Å²) in [6.07, 6.45) is 4.87. The molecule has 4 heteroatoms. The quantitative estimate of drug-likeness (QED) is 0.821. The third-order valence-corrected chi connectivity index (χ3v) is 4.36. The first-order valence-electron chi connectivity index (χ1n) is 7.12. The number of rotatable bonds is 2. The third-order valence-electron chi connectivity index (χ3n) is 3.62. The second-order valence-electron chi connectivity index (χ2n) is 5.14. The molecule has 1 fully saturated rings. The van der Waals surface area contributed by atoms with E-state index in [1.807, 2.05) is 18.2 Å². The number of aromatic nitrogens is 1. The van der Waals surface area contributed by atoms with Crippen LogP contribution in [0, 0.1) is 0 Å². The number of thiazole rings is 1. The molecule has 2 heterocycles. The fourth-order valence-corrected chi connectivity index (χ4v) is 3.15. The lowest BCUT2D eigenvalue weighted by Gasteiger charge is -2.17. The molecule has 104 valence electrons. The minimum Gasteiger partial charge on any atom is -0.363 e. The van der Waals surface area contributed by atoms with Crippen LogP contribution in [0.5, 0.6) is 0 Å². The predicted octanol–water partition coefficient (Wildman–Crippen LogP) is 4.35. The normalized spacial score (nSPS) is 18.2. The second kappa shape index (κ2) is 6.18. The first-order chi connectivity index (χ1) is 9.83. The summed E-state index contributed by atoms with van der Waals surface area (Å²) in [5.41, 5.74) is 2.18. The van der Waals surface area contributed by atoms with Crippen LogP contribution in [0.3, 0.4) is 0 Å². The molecule has 0 atom stereocenters. The molecule has 0 bridgehead atoms. The maximum atomic E-state index is 4.76. The smallest absolute Gasteiger partial charge is 0.211 e. The van der Waals surface area contributed by atoms with Crippen molar-refractivity contribution in [3.63, 3.8) is 0 Å². The fourth-order valence-electron chi connectivity index (χ4n) is 2.44. The average molecular weight is 285 g/mol. The molecule has 3 rings (SSSR count). The zero-order valence-electron chi connectivity index (χ0n) is 11.7. The Morgan fingerprint density at radius 2 is 2.00 bits per heavy atom. The van der Waals surface area contributed by atoms with E-state index in [1.54, 1.807) is 11.3 Å². The monoisotopic (exact) mass is 285 g/mol. The summed E-state index contributed by atoms with van der Waals surface area (Å²) in [5.74, 6) is 1.18. The van der Waals surface area contributed by atoms with Crippen molar-refractivity contribution in [2.24, 2.45) is 4.99 Å². The van der Waals surface area contributed by atoms with Gasteiger partial charge >= 0.3 is 0 Å². The van der Waals surface area contributed by atoms with Crippen LogP contribution in [0.1, 0.15) is 25.7 Å². The zero-order valence-corrected chi connectivity index (χ0v) is 12.6.